The van der Waals surface area contributed by atoms with Gasteiger partial charge in [-0.3, -0.25) is 9.98 Å². The molecule has 4 nitrogen and oxygen atoms in total. The maximum absolute atomic E-state index is 14.0. The van der Waals surface area contributed by atoms with Gasteiger partial charge in [0.2, 0.25) is 0 Å². The van der Waals surface area contributed by atoms with Crippen LogP contribution >= 0.6 is 9.24 Å². The van der Waals surface area contributed by atoms with Gasteiger partial charge < -0.3 is 5.32 Å². The highest BCUT2D eigenvalue weighted by atomic mass is 31.0. The van der Waals surface area contributed by atoms with Crippen molar-refractivity contribution in [3.8, 4) is 0 Å². The Morgan fingerprint density at radius 3 is 2.31 bits per heavy atom. The van der Waals surface area contributed by atoms with Crippen LogP contribution in [0.1, 0.15) is 86.5 Å². The smallest absolute Gasteiger partial charge is 0.122 e. The zero-order valence-electron chi connectivity index (χ0n) is 23.8. The van der Waals surface area contributed by atoms with E-state index in [2.05, 4.69) is 40.0 Å². The highest BCUT2D eigenvalue weighted by molar-refractivity contribution is 7.45. The largest absolute Gasteiger partial charge is 0.320 e. The topological polar surface area (TPSA) is 49.1 Å². The molecule has 1 N–H and O–H groups in total. The summed E-state index contributed by atoms with van der Waals surface area (Å²) >= 11 is 0. The van der Waals surface area contributed by atoms with E-state index in [-0.39, 0.29) is 11.7 Å². The van der Waals surface area contributed by atoms with Gasteiger partial charge in [-0.1, -0.05) is 60.7 Å². The molecule has 2 unspecified atom stereocenters. The Labute approximate surface area is 223 Å². The van der Waals surface area contributed by atoms with E-state index in [0.717, 1.165) is 79.6 Å². The van der Waals surface area contributed by atoms with Gasteiger partial charge in [-0.25, -0.2) is 9.38 Å². The zero-order chi connectivity index (χ0) is 27.3. The first kappa shape index (κ1) is 34.0. The van der Waals surface area contributed by atoms with Crippen LogP contribution in [0, 0.1) is 5.92 Å². The number of nitrogens with zero attached hydrogens (tertiary/aromatic N) is 3. The summed E-state index contributed by atoms with van der Waals surface area (Å²) in [5.41, 5.74) is 4.32. The first-order valence-electron chi connectivity index (χ1n) is 13.3. The Bertz CT molecular complexity index is 856. The fourth-order valence-electron chi connectivity index (χ4n) is 3.74. The number of hydrogen-bond acceptors (Lipinski definition) is 4. The molecule has 0 aromatic carbocycles. The van der Waals surface area contributed by atoms with Gasteiger partial charge in [-0.15, -0.1) is 0 Å². The van der Waals surface area contributed by atoms with Gasteiger partial charge in [0, 0.05) is 6.21 Å². The van der Waals surface area contributed by atoms with Crippen LogP contribution in [-0.4, -0.2) is 37.0 Å². The van der Waals surface area contributed by atoms with Crippen LogP contribution < -0.4 is 5.32 Å². The van der Waals surface area contributed by atoms with Gasteiger partial charge in [0.1, 0.15) is 5.83 Å². The van der Waals surface area contributed by atoms with Gasteiger partial charge in [0.05, 0.1) is 28.6 Å². The Morgan fingerprint density at radius 1 is 1.08 bits per heavy atom. The van der Waals surface area contributed by atoms with Crippen molar-refractivity contribution < 1.29 is 4.39 Å². The standard InChI is InChI=1S/C30H50FN4P/c1-9-13-16-27(31)20-19-26(21-22-32-8)18-17-23(5)29(24(6)33-12-4)34-25(7)30(36)35-28(14-10-2)15-11-3/h9,12-13,16,19-20,26,28,32H,5,10-11,14-15,17-18,21-22,36H2,1-4,6-8H3/b13-9+,20-19+,27-16+,29-24+,33-12?,34-25?,35-30?. The van der Waals surface area contributed by atoms with Crippen LogP contribution in [0.4, 0.5) is 4.39 Å². The molecule has 0 aromatic heterocycles. The average Bonchev–Trinajstić information content (AvgIpc) is 2.85. The molecule has 0 aliphatic heterocycles. The zero-order valence-corrected chi connectivity index (χ0v) is 24.9. The Kier molecular flexibility index (Phi) is 20.0. The SMILES string of the molecule is C=C(CCC(/C=C/C(F)=C\C=C\C)CCNC)/C(N=C(C)C(P)=NC(CCC)CCC)=C(/C)N=CC. The lowest BCUT2D eigenvalue weighted by molar-refractivity contribution is 0.526. The summed E-state index contributed by atoms with van der Waals surface area (Å²) in [6.07, 6.45) is 17.2. The fourth-order valence-corrected chi connectivity index (χ4v) is 4.02. The molecule has 0 amide bonds. The number of allylic oxidation sites excluding steroid dienone is 8. The van der Waals surface area contributed by atoms with Crippen LogP contribution in [0.5, 0.6) is 0 Å². The molecule has 6 heteroatoms. The summed E-state index contributed by atoms with van der Waals surface area (Å²) in [5.74, 6) is -0.0185. The maximum Gasteiger partial charge on any atom is 0.122 e. The van der Waals surface area contributed by atoms with E-state index in [1.165, 1.54) is 6.08 Å². The van der Waals surface area contributed by atoms with Crippen molar-refractivity contribution in [3.05, 3.63) is 59.8 Å². The van der Waals surface area contributed by atoms with Gasteiger partial charge in [0.25, 0.3) is 0 Å². The monoisotopic (exact) mass is 516 g/mol. The van der Waals surface area contributed by atoms with Gasteiger partial charge in [-0.2, -0.15) is 0 Å². The second kappa shape index (κ2) is 21.1. The van der Waals surface area contributed by atoms with E-state index < -0.39 is 0 Å². The summed E-state index contributed by atoms with van der Waals surface area (Å²) in [5, 5.41) is 3.20. The molecular weight excluding hydrogens is 466 g/mol. The molecule has 0 radical (unpaired) electrons. The molecule has 0 aliphatic carbocycles. The van der Waals surface area contributed by atoms with E-state index in [9.17, 15) is 4.39 Å². The Morgan fingerprint density at radius 2 is 1.75 bits per heavy atom. The average molecular weight is 517 g/mol. The van der Waals surface area contributed by atoms with E-state index in [0.29, 0.717) is 6.04 Å². The molecule has 202 valence electrons. The first-order chi connectivity index (χ1) is 17.2. The summed E-state index contributed by atoms with van der Waals surface area (Å²) in [4.78, 5) is 14.4. The van der Waals surface area contributed by atoms with E-state index >= 15 is 0 Å². The molecule has 0 saturated carbocycles. The van der Waals surface area contributed by atoms with Crippen LogP contribution in [0.15, 0.2) is 74.7 Å². The molecule has 0 heterocycles. The molecule has 0 spiro atoms. The third-order valence-electron chi connectivity index (χ3n) is 5.77. The summed E-state index contributed by atoms with van der Waals surface area (Å²) in [7, 11) is 4.70. The predicted molar refractivity (Wildman–Crippen MR) is 164 cm³/mol. The third kappa shape index (κ3) is 15.2. The number of rotatable bonds is 18. The normalized spacial score (nSPS) is 15.6. The lowest BCUT2D eigenvalue weighted by Gasteiger charge is -2.16. The predicted octanol–water partition coefficient (Wildman–Crippen LogP) is 8.56. The minimum atomic E-state index is -0.243. The highest BCUT2D eigenvalue weighted by Gasteiger charge is 2.13. The van der Waals surface area contributed by atoms with Crippen LogP contribution in [0.25, 0.3) is 0 Å². The summed E-state index contributed by atoms with van der Waals surface area (Å²) in [6, 6.07) is 0.324. The van der Waals surface area contributed by atoms with Crippen molar-refractivity contribution in [2.45, 2.75) is 92.5 Å². The fraction of sp³-hybridized carbons (Fsp3) is 0.567. The molecule has 0 rings (SSSR count). The minimum absolute atomic E-state index is 0.225. The van der Waals surface area contributed by atoms with Crippen molar-refractivity contribution in [1.82, 2.24) is 5.32 Å². The van der Waals surface area contributed by atoms with Crippen molar-refractivity contribution in [2.75, 3.05) is 13.6 Å². The lowest BCUT2D eigenvalue weighted by Crippen LogP contribution is -2.13. The van der Waals surface area contributed by atoms with Gasteiger partial charge in [0.15, 0.2) is 0 Å². The number of nitrogens with one attached hydrogen (secondary N) is 1. The molecule has 36 heavy (non-hydrogen) atoms. The van der Waals surface area contributed by atoms with Crippen LogP contribution in [0.3, 0.4) is 0 Å². The van der Waals surface area contributed by atoms with Crippen LogP contribution in [0.2, 0.25) is 0 Å². The number of halogens is 1. The first-order valence-corrected chi connectivity index (χ1v) is 13.9. The summed E-state index contributed by atoms with van der Waals surface area (Å²) in [6.45, 7) is 17.4. The van der Waals surface area contributed by atoms with Gasteiger partial charge in [-0.05, 0) is 97.0 Å². The van der Waals surface area contributed by atoms with Crippen molar-refractivity contribution in [3.63, 3.8) is 0 Å². The molecule has 0 aromatic rings. The molecule has 0 saturated heterocycles. The molecule has 2 atom stereocenters. The van der Waals surface area contributed by atoms with Crippen molar-refractivity contribution in [1.29, 1.82) is 0 Å². The Balaban J connectivity index is 5.80. The van der Waals surface area contributed by atoms with Crippen LogP contribution in [-0.2, 0) is 0 Å². The molecular formula is C30H50FN4P. The van der Waals surface area contributed by atoms with E-state index in [1.54, 1.807) is 18.4 Å². The molecule has 0 fully saturated rings. The highest BCUT2D eigenvalue weighted by Crippen LogP contribution is 2.25. The van der Waals surface area contributed by atoms with Crippen molar-refractivity contribution in [2.24, 2.45) is 20.9 Å². The lowest BCUT2D eigenvalue weighted by atomic mass is 9.94. The number of hydrogen-bond donors (Lipinski definition) is 1. The molecule has 0 bridgehead atoms. The van der Waals surface area contributed by atoms with E-state index in [1.807, 2.05) is 46.9 Å². The second-order valence-electron chi connectivity index (χ2n) is 9.00. The second-order valence-corrected chi connectivity index (χ2v) is 9.54. The Hall–Kier alpha value is -1.97. The quantitative estimate of drug-likeness (QED) is 0.111. The van der Waals surface area contributed by atoms with Crippen molar-refractivity contribution >= 4 is 26.6 Å². The van der Waals surface area contributed by atoms with Gasteiger partial charge >= 0.3 is 0 Å². The van der Waals surface area contributed by atoms with E-state index in [4.69, 9.17) is 9.98 Å². The third-order valence-corrected chi connectivity index (χ3v) is 6.34. The summed E-state index contributed by atoms with van der Waals surface area (Å²) < 4.78 is 14.0. The molecule has 0 aliphatic rings. The maximum atomic E-state index is 14.0. The minimum Gasteiger partial charge on any atom is -0.320 e. The number of aliphatic imine (C=N–C) groups is 3.